The molecule has 9 amide bonds. The highest BCUT2D eigenvalue weighted by atomic mass is 16.4. The minimum absolute atomic E-state index is 0.0335. The standard InChI is InChI=1S/C53H78N16O11/c54-34(17-9-25-60-52(55)56)49(77)69-28-12-21-41(69)50(78)68-27-11-20-40(68)48(76)62-31-43(71)63-38(29-32-13-3-1-4-14-32)46(74)65-36-22-23-42(70)59-24-8-7-18-35(44(72)66-37(51(79)80)19-10-26-61-53(57)58)64-47(75)39(67-45(36)73)30-33-15-5-2-6-16-33/h1-6,13-16,34-41H,7-12,17-31,54H2,(H,59,70)(H,62,76)(H,63,71)(H,64,75)(H,65,74)(H,66,72)(H,67,73)(H,79,80)(H4,55,56,60)(H4,57,58,61)/t34-,35-,36-,37-,38-,39+,40-,41-/m0/s1. The van der Waals surface area contributed by atoms with E-state index in [1.807, 2.05) is 0 Å². The molecule has 3 saturated heterocycles. The number of carboxylic acid groups (broad SMARTS) is 1. The number of likely N-dealkylation sites (tertiary alicyclic amines) is 2. The molecule has 80 heavy (non-hydrogen) atoms. The van der Waals surface area contributed by atoms with Crippen LogP contribution in [0.3, 0.4) is 0 Å². The van der Waals surface area contributed by atoms with Crippen LogP contribution in [0.5, 0.6) is 0 Å². The first-order chi connectivity index (χ1) is 38.3. The Kier molecular flexibility index (Phi) is 24.9. The summed E-state index contributed by atoms with van der Waals surface area (Å²) < 4.78 is 0. The van der Waals surface area contributed by atoms with E-state index in [1.165, 1.54) is 9.80 Å². The van der Waals surface area contributed by atoms with Gasteiger partial charge in [0.25, 0.3) is 0 Å². The molecule has 2 aromatic carbocycles. The van der Waals surface area contributed by atoms with Crippen LogP contribution in [-0.2, 0) is 60.8 Å². The third kappa shape index (κ3) is 20.1. The molecule has 2 aromatic rings. The van der Waals surface area contributed by atoms with Gasteiger partial charge in [-0.2, -0.15) is 0 Å². The number of nitrogens with zero attached hydrogens (tertiary/aromatic N) is 4. The normalized spacial score (nSPS) is 21.1. The van der Waals surface area contributed by atoms with Crippen LogP contribution in [0.4, 0.5) is 0 Å². The van der Waals surface area contributed by atoms with E-state index in [0.29, 0.717) is 69.0 Å². The zero-order chi connectivity index (χ0) is 58.1. The molecule has 5 rings (SSSR count). The van der Waals surface area contributed by atoms with Gasteiger partial charge in [0.15, 0.2) is 11.9 Å². The highest BCUT2D eigenvalue weighted by Gasteiger charge is 2.43. The molecule has 436 valence electrons. The summed E-state index contributed by atoms with van der Waals surface area (Å²) in [6.45, 7) is 0.514. The molecule has 0 radical (unpaired) electrons. The summed E-state index contributed by atoms with van der Waals surface area (Å²) in [6.07, 6.45) is 2.72. The molecule has 3 aliphatic heterocycles. The molecule has 0 bridgehead atoms. The van der Waals surface area contributed by atoms with Crippen LogP contribution in [0.1, 0.15) is 94.6 Å². The van der Waals surface area contributed by atoms with Gasteiger partial charge >= 0.3 is 5.97 Å². The van der Waals surface area contributed by atoms with Gasteiger partial charge in [0.2, 0.25) is 53.2 Å². The van der Waals surface area contributed by atoms with Gasteiger partial charge in [-0.1, -0.05) is 60.7 Å². The lowest BCUT2D eigenvalue weighted by molar-refractivity contribution is -0.147. The Hall–Kier alpha value is -8.36. The van der Waals surface area contributed by atoms with Crippen molar-refractivity contribution >= 4 is 71.1 Å². The molecule has 0 aliphatic carbocycles. The van der Waals surface area contributed by atoms with E-state index in [0.717, 1.165) is 0 Å². The third-order valence-corrected chi connectivity index (χ3v) is 13.9. The van der Waals surface area contributed by atoms with Crippen LogP contribution in [0.15, 0.2) is 70.6 Å². The van der Waals surface area contributed by atoms with Gasteiger partial charge in [-0.05, 0) is 88.2 Å². The van der Waals surface area contributed by atoms with Crippen LogP contribution in [0, 0.1) is 0 Å². The zero-order valence-corrected chi connectivity index (χ0v) is 44.9. The molecule has 3 fully saturated rings. The Morgan fingerprint density at radius 2 is 1.31 bits per heavy atom. The lowest BCUT2D eigenvalue weighted by Gasteiger charge is -2.32. The van der Waals surface area contributed by atoms with Crippen LogP contribution in [0.25, 0.3) is 0 Å². The summed E-state index contributed by atoms with van der Waals surface area (Å²) in [6, 6.07) is 7.86. The fourth-order valence-corrected chi connectivity index (χ4v) is 9.74. The van der Waals surface area contributed by atoms with Crippen molar-refractivity contribution < 1.29 is 53.1 Å². The summed E-state index contributed by atoms with van der Waals surface area (Å²) in [7, 11) is 0. The SMILES string of the molecule is NC(N)=NCCC[C@H](NC(=O)[C@@H]1CCCCNC(=O)CC[C@H](NC(=O)[C@H](Cc2ccccc2)NC(=O)CNC(=O)[C@@H]2CCCN2C(=O)[C@@H]2CCCN2C(=O)[C@@H](N)CCCN=C(N)N)C(=O)N[C@H](Cc2ccccc2)C(=O)N1)C(=O)O. The van der Waals surface area contributed by atoms with Crippen LogP contribution in [-0.4, -0.2) is 174 Å². The molecule has 8 atom stereocenters. The van der Waals surface area contributed by atoms with Gasteiger partial charge in [-0.25, -0.2) is 4.79 Å². The number of aliphatic carboxylic acids is 1. The smallest absolute Gasteiger partial charge is 0.326 e. The molecular formula is C53H78N16O11. The number of carbonyl (C=O) groups is 10. The highest BCUT2D eigenvalue weighted by Crippen LogP contribution is 2.26. The Morgan fingerprint density at radius 1 is 0.688 bits per heavy atom. The van der Waals surface area contributed by atoms with Gasteiger partial charge in [0.05, 0.1) is 12.6 Å². The van der Waals surface area contributed by atoms with Crippen molar-refractivity contribution in [3.05, 3.63) is 71.8 Å². The molecule has 27 heteroatoms. The number of benzene rings is 2. The lowest BCUT2D eigenvalue weighted by Crippen LogP contribution is -2.59. The number of amides is 9. The van der Waals surface area contributed by atoms with Crippen molar-refractivity contribution in [3.8, 4) is 0 Å². The first-order valence-corrected chi connectivity index (χ1v) is 27.1. The Bertz CT molecular complexity index is 2530. The third-order valence-electron chi connectivity index (χ3n) is 13.9. The fraction of sp³-hybridized carbons (Fsp3) is 0.547. The van der Waals surface area contributed by atoms with Crippen LogP contribution >= 0.6 is 0 Å². The van der Waals surface area contributed by atoms with Crippen molar-refractivity contribution in [2.24, 2.45) is 38.7 Å². The second kappa shape index (κ2) is 31.9. The topological polar surface area (TPSA) is 436 Å². The number of nitrogens with one attached hydrogen (secondary N) is 7. The van der Waals surface area contributed by atoms with E-state index in [2.05, 4.69) is 47.2 Å². The quantitative estimate of drug-likeness (QED) is 0.0293. The molecular weight excluding hydrogens is 1040 g/mol. The number of hydrogen-bond acceptors (Lipinski definition) is 13. The van der Waals surface area contributed by atoms with E-state index >= 15 is 0 Å². The minimum Gasteiger partial charge on any atom is -0.480 e. The van der Waals surface area contributed by atoms with Gasteiger partial charge in [0.1, 0.15) is 42.3 Å². The summed E-state index contributed by atoms with van der Waals surface area (Å²) in [5.41, 5.74) is 29.0. The summed E-state index contributed by atoms with van der Waals surface area (Å²) in [5, 5.41) is 28.5. The number of hydrogen-bond donors (Lipinski definition) is 13. The molecule has 0 saturated carbocycles. The van der Waals surface area contributed by atoms with Crippen LogP contribution in [0.2, 0.25) is 0 Å². The molecule has 27 nitrogen and oxygen atoms in total. The van der Waals surface area contributed by atoms with Crippen molar-refractivity contribution in [2.75, 3.05) is 39.3 Å². The van der Waals surface area contributed by atoms with Crippen molar-refractivity contribution in [1.29, 1.82) is 0 Å². The maximum Gasteiger partial charge on any atom is 0.326 e. The van der Waals surface area contributed by atoms with Crippen molar-refractivity contribution in [3.63, 3.8) is 0 Å². The monoisotopic (exact) mass is 1110 g/mol. The van der Waals surface area contributed by atoms with Gasteiger partial charge in [-0.3, -0.25) is 53.1 Å². The largest absolute Gasteiger partial charge is 0.480 e. The van der Waals surface area contributed by atoms with Gasteiger partial charge in [0, 0.05) is 52.0 Å². The number of guanidine groups is 2. The van der Waals surface area contributed by atoms with Crippen molar-refractivity contribution in [1.82, 2.24) is 47.0 Å². The number of carboxylic acids is 1. The predicted molar refractivity (Wildman–Crippen MR) is 294 cm³/mol. The van der Waals surface area contributed by atoms with E-state index in [1.54, 1.807) is 60.7 Å². The predicted octanol–water partition coefficient (Wildman–Crippen LogP) is -3.41. The Morgan fingerprint density at radius 3 is 1.96 bits per heavy atom. The number of aliphatic imine (C=N–C) groups is 2. The minimum atomic E-state index is -1.46. The average Bonchev–Trinajstić information content (AvgIpc) is 4.15. The molecule has 0 spiro atoms. The number of carbonyl (C=O) groups excluding carboxylic acids is 9. The van der Waals surface area contributed by atoms with E-state index < -0.39 is 114 Å². The van der Waals surface area contributed by atoms with Crippen LogP contribution < -0.4 is 65.9 Å². The second-order valence-electron chi connectivity index (χ2n) is 20.1. The highest BCUT2D eigenvalue weighted by molar-refractivity contribution is 5.98. The Labute approximate surface area is 464 Å². The molecule has 18 N–H and O–H groups in total. The summed E-state index contributed by atoms with van der Waals surface area (Å²) in [5.74, 6) is -7.53. The van der Waals surface area contributed by atoms with E-state index in [9.17, 15) is 53.1 Å². The van der Waals surface area contributed by atoms with Gasteiger partial charge in [-0.15, -0.1) is 0 Å². The Balaban J connectivity index is 1.29. The van der Waals surface area contributed by atoms with E-state index in [-0.39, 0.29) is 83.0 Å². The summed E-state index contributed by atoms with van der Waals surface area (Å²) >= 11 is 0. The second-order valence-corrected chi connectivity index (χ2v) is 20.1. The number of rotatable bonds is 23. The molecule has 0 unspecified atom stereocenters. The van der Waals surface area contributed by atoms with Crippen molar-refractivity contribution in [2.45, 2.75) is 145 Å². The first kappa shape index (κ1) is 62.5. The lowest BCUT2D eigenvalue weighted by atomic mass is 10.0. The van der Waals surface area contributed by atoms with E-state index in [4.69, 9.17) is 28.7 Å². The maximum atomic E-state index is 14.5. The summed E-state index contributed by atoms with van der Waals surface area (Å²) in [4.78, 5) is 148. The molecule has 3 aliphatic rings. The molecule has 0 aromatic heterocycles. The van der Waals surface area contributed by atoms with Gasteiger partial charge < -0.3 is 80.8 Å². The first-order valence-electron chi connectivity index (χ1n) is 27.1. The maximum absolute atomic E-state index is 14.5. The average molecular weight is 1120 g/mol. The fourth-order valence-electron chi connectivity index (χ4n) is 9.74. The molecule has 3 heterocycles. The zero-order valence-electron chi connectivity index (χ0n) is 44.9. The number of nitrogens with two attached hydrogens (primary N) is 5.